The highest BCUT2D eigenvalue weighted by molar-refractivity contribution is 8.24. The third-order valence-corrected chi connectivity index (χ3v) is 10.4. The molecule has 2 aliphatic carbocycles. The van der Waals surface area contributed by atoms with Crippen molar-refractivity contribution in [3.8, 4) is 23.0 Å². The fourth-order valence-electron chi connectivity index (χ4n) is 6.19. The van der Waals surface area contributed by atoms with E-state index in [0.717, 1.165) is 47.5 Å². The predicted molar refractivity (Wildman–Crippen MR) is 157 cm³/mol. The second kappa shape index (κ2) is 10.7. The van der Waals surface area contributed by atoms with Crippen molar-refractivity contribution in [2.75, 3.05) is 29.5 Å². The van der Waals surface area contributed by atoms with E-state index in [4.69, 9.17) is 5.10 Å². The number of rotatable bonds is 6. The highest BCUT2D eigenvalue weighted by atomic mass is 32.3. The fourth-order valence-corrected chi connectivity index (χ4v) is 7.42. The van der Waals surface area contributed by atoms with Crippen LogP contribution in [0.5, 0.6) is 0 Å². The van der Waals surface area contributed by atoms with Crippen LogP contribution in [0.25, 0.3) is 16.9 Å². The summed E-state index contributed by atoms with van der Waals surface area (Å²) in [7, 11) is -2.49. The van der Waals surface area contributed by atoms with E-state index in [1.807, 2.05) is 31.2 Å². The Kier molecular flexibility index (Phi) is 7.26. The van der Waals surface area contributed by atoms with E-state index < -0.39 is 21.9 Å². The van der Waals surface area contributed by atoms with E-state index >= 15 is 0 Å². The molecule has 216 valence electrons. The molecule has 3 aromatic rings. The summed E-state index contributed by atoms with van der Waals surface area (Å²) in [6.07, 6.45) is 6.23. The number of amides is 1. The standard InChI is InChI=1S/C30H35FN6O3S/c1-20-26(21-8-10-22(11-9-21)36-15-17-41(39,40)18-16-36)27(35-37(20)28-25(31)7-4-14-33-28)23-5-2-3-6-24(23)29(38)34-30(19-32)12-13-30/h4,7-11,14,23-24,39-40H,2-3,5-6,12-13,15-18H2,1H3,(H,34,38)/t23-,24-/m1/s1. The van der Waals surface area contributed by atoms with E-state index in [1.54, 1.807) is 10.7 Å². The van der Waals surface area contributed by atoms with Gasteiger partial charge in [0.15, 0.2) is 11.6 Å². The van der Waals surface area contributed by atoms with Crippen molar-refractivity contribution < 1.29 is 18.3 Å². The molecule has 0 unspecified atom stereocenters. The van der Waals surface area contributed by atoms with Crippen molar-refractivity contribution in [2.45, 2.75) is 56.9 Å². The normalized spacial score (nSPS) is 23.8. The van der Waals surface area contributed by atoms with Gasteiger partial charge in [0.2, 0.25) is 5.91 Å². The number of anilines is 1. The van der Waals surface area contributed by atoms with E-state index in [-0.39, 0.29) is 23.6 Å². The summed E-state index contributed by atoms with van der Waals surface area (Å²) in [6.45, 7) is 3.05. The molecule has 9 nitrogen and oxygen atoms in total. The van der Waals surface area contributed by atoms with Crippen molar-refractivity contribution in [1.82, 2.24) is 20.1 Å². The van der Waals surface area contributed by atoms with Crippen LogP contribution in [-0.4, -0.2) is 59.9 Å². The molecule has 1 aliphatic heterocycles. The maximum Gasteiger partial charge on any atom is 0.225 e. The Labute approximate surface area is 240 Å². The average Bonchev–Trinajstić information content (AvgIpc) is 3.67. The number of pyridine rings is 1. The minimum absolute atomic E-state index is 0.109. The lowest BCUT2D eigenvalue weighted by atomic mass is 9.75. The number of carbonyl (C=O) groups is 1. The number of aromatic nitrogens is 3. The van der Waals surface area contributed by atoms with Gasteiger partial charge in [-0.1, -0.05) is 25.0 Å². The lowest BCUT2D eigenvalue weighted by Crippen LogP contribution is -2.42. The van der Waals surface area contributed by atoms with Crippen molar-refractivity contribution in [3.63, 3.8) is 0 Å². The van der Waals surface area contributed by atoms with Crippen molar-refractivity contribution >= 4 is 22.2 Å². The quantitative estimate of drug-likeness (QED) is 0.357. The Hall–Kier alpha value is -3.46. The van der Waals surface area contributed by atoms with Crippen LogP contribution < -0.4 is 10.2 Å². The molecule has 0 bridgehead atoms. The van der Waals surface area contributed by atoms with E-state index in [1.165, 1.54) is 12.3 Å². The Balaban J connectivity index is 1.39. The van der Waals surface area contributed by atoms with Gasteiger partial charge in [-0.15, -0.1) is 0 Å². The summed E-state index contributed by atoms with van der Waals surface area (Å²) in [5.74, 6) is -0.284. The maximum atomic E-state index is 14.9. The first-order valence-electron chi connectivity index (χ1n) is 14.2. The molecule has 3 N–H and O–H groups in total. The summed E-state index contributed by atoms with van der Waals surface area (Å²) in [5.41, 5.74) is 3.50. The van der Waals surface area contributed by atoms with Crippen LogP contribution in [0.3, 0.4) is 0 Å². The highest BCUT2D eigenvalue weighted by Gasteiger charge is 2.47. The first kappa shape index (κ1) is 27.7. The van der Waals surface area contributed by atoms with Gasteiger partial charge in [0.05, 0.1) is 29.0 Å². The number of hydrogen-bond donors (Lipinski definition) is 3. The van der Waals surface area contributed by atoms with Crippen LogP contribution in [-0.2, 0) is 4.79 Å². The Morgan fingerprint density at radius 1 is 1.15 bits per heavy atom. The fraction of sp³-hybridized carbons (Fsp3) is 0.467. The molecular formula is C30H35FN6O3S. The van der Waals surface area contributed by atoms with Crippen LogP contribution in [0, 0.1) is 30.0 Å². The van der Waals surface area contributed by atoms with Gasteiger partial charge >= 0.3 is 0 Å². The van der Waals surface area contributed by atoms with Crippen LogP contribution in [0.15, 0.2) is 42.6 Å². The third-order valence-electron chi connectivity index (χ3n) is 8.76. The zero-order chi connectivity index (χ0) is 28.8. The average molecular weight is 579 g/mol. The summed E-state index contributed by atoms with van der Waals surface area (Å²) in [6, 6.07) is 13.2. The molecule has 1 aromatic carbocycles. The molecule has 1 amide bonds. The smallest absolute Gasteiger partial charge is 0.225 e. The van der Waals surface area contributed by atoms with Crippen LogP contribution >= 0.6 is 10.6 Å². The molecule has 2 saturated carbocycles. The Morgan fingerprint density at radius 3 is 2.51 bits per heavy atom. The largest absolute Gasteiger partial charge is 0.368 e. The van der Waals surface area contributed by atoms with E-state index in [2.05, 4.69) is 21.3 Å². The summed E-state index contributed by atoms with van der Waals surface area (Å²) < 4.78 is 36.5. The molecule has 2 aromatic heterocycles. The van der Waals surface area contributed by atoms with Gasteiger partial charge in [-0.2, -0.15) is 21.0 Å². The summed E-state index contributed by atoms with van der Waals surface area (Å²) in [5, 5.41) is 17.5. The first-order valence-corrected chi connectivity index (χ1v) is 16.1. The lowest BCUT2D eigenvalue weighted by molar-refractivity contribution is -0.127. The van der Waals surface area contributed by atoms with Gasteiger partial charge in [0.25, 0.3) is 0 Å². The molecule has 3 heterocycles. The molecular weight excluding hydrogens is 543 g/mol. The van der Waals surface area contributed by atoms with Gasteiger partial charge in [0, 0.05) is 42.4 Å². The van der Waals surface area contributed by atoms with Gasteiger partial charge in [-0.05, 0) is 62.4 Å². The van der Waals surface area contributed by atoms with E-state index in [9.17, 15) is 23.6 Å². The minimum atomic E-state index is -2.49. The highest BCUT2D eigenvalue weighted by Crippen LogP contribution is 2.45. The summed E-state index contributed by atoms with van der Waals surface area (Å²) in [4.78, 5) is 19.9. The Morgan fingerprint density at radius 2 is 1.85 bits per heavy atom. The van der Waals surface area contributed by atoms with Crippen LogP contribution in [0.4, 0.5) is 10.1 Å². The second-order valence-electron chi connectivity index (χ2n) is 11.5. The number of nitrogens with zero attached hydrogens (tertiary/aromatic N) is 5. The van der Waals surface area contributed by atoms with Crippen molar-refractivity contribution in [2.24, 2.45) is 5.92 Å². The number of carbonyl (C=O) groups excluding carboxylic acids is 1. The van der Waals surface area contributed by atoms with Gasteiger partial charge in [-0.25, -0.2) is 14.1 Å². The number of benzene rings is 1. The Bertz CT molecular complexity index is 1490. The maximum absolute atomic E-state index is 14.9. The molecule has 0 spiro atoms. The van der Waals surface area contributed by atoms with Gasteiger partial charge in [-0.3, -0.25) is 13.9 Å². The van der Waals surface area contributed by atoms with Crippen LogP contribution in [0.1, 0.15) is 55.8 Å². The first-order chi connectivity index (χ1) is 19.7. The predicted octanol–water partition coefficient (Wildman–Crippen LogP) is 5.40. The number of hydrogen-bond acceptors (Lipinski definition) is 7. The molecule has 3 fully saturated rings. The minimum Gasteiger partial charge on any atom is -0.368 e. The number of nitrogens with one attached hydrogen (secondary N) is 1. The van der Waals surface area contributed by atoms with Crippen molar-refractivity contribution in [3.05, 3.63) is 59.8 Å². The van der Waals surface area contributed by atoms with Gasteiger partial charge < -0.3 is 10.2 Å². The molecule has 3 aliphatic rings. The molecule has 0 radical (unpaired) electrons. The number of nitriles is 1. The monoisotopic (exact) mass is 578 g/mol. The SMILES string of the molecule is Cc1c(-c2ccc(N3CCS(O)(O)CC3)cc2)c([C@@H]2CCCC[C@H]2C(=O)NC2(C#N)CC2)nn1-c1ncccc1F. The second-order valence-corrected chi connectivity index (χ2v) is 13.9. The number of halogens is 1. The zero-order valence-corrected chi connectivity index (χ0v) is 23.9. The zero-order valence-electron chi connectivity index (χ0n) is 23.1. The topological polar surface area (TPSA) is 127 Å². The molecule has 41 heavy (non-hydrogen) atoms. The molecule has 1 saturated heterocycles. The van der Waals surface area contributed by atoms with Crippen LogP contribution in [0.2, 0.25) is 0 Å². The lowest BCUT2D eigenvalue weighted by Gasteiger charge is -2.41. The molecule has 2 atom stereocenters. The third kappa shape index (κ3) is 5.44. The van der Waals surface area contributed by atoms with Crippen molar-refractivity contribution in [1.29, 1.82) is 5.26 Å². The summed E-state index contributed by atoms with van der Waals surface area (Å²) >= 11 is 0. The van der Waals surface area contributed by atoms with Gasteiger partial charge in [0.1, 0.15) is 5.54 Å². The van der Waals surface area contributed by atoms with E-state index in [0.29, 0.717) is 43.9 Å². The molecule has 6 rings (SSSR count). The molecule has 11 heteroatoms.